The molecule has 3 aliphatic heterocycles. The van der Waals surface area contributed by atoms with Gasteiger partial charge >= 0.3 is 0 Å². The normalized spacial score (nSPS) is 32.1. The Morgan fingerprint density at radius 1 is 1.12 bits per heavy atom. The molecule has 2 aromatic rings. The van der Waals surface area contributed by atoms with Gasteiger partial charge in [0.1, 0.15) is 16.5 Å². The number of rotatable bonds is 5. The lowest BCUT2D eigenvalue weighted by Gasteiger charge is -2.55. The fourth-order valence-electron chi connectivity index (χ4n) is 6.21. The number of halogens is 1. The van der Waals surface area contributed by atoms with Crippen molar-refractivity contribution in [1.82, 2.24) is 19.9 Å². The zero-order valence-electron chi connectivity index (χ0n) is 18.3. The quantitative estimate of drug-likeness (QED) is 0.664. The molecule has 1 spiro atoms. The van der Waals surface area contributed by atoms with Gasteiger partial charge in [-0.05, 0) is 51.4 Å². The summed E-state index contributed by atoms with van der Waals surface area (Å²) in [4.78, 5) is 22.0. The van der Waals surface area contributed by atoms with Gasteiger partial charge in [-0.15, -0.1) is 0 Å². The Labute approximate surface area is 200 Å². The average molecular weight is 487 g/mol. The van der Waals surface area contributed by atoms with E-state index in [0.717, 1.165) is 80.1 Å². The lowest BCUT2D eigenvalue weighted by Crippen LogP contribution is -2.61. The van der Waals surface area contributed by atoms with Gasteiger partial charge in [-0.2, -0.15) is 4.98 Å². The van der Waals surface area contributed by atoms with E-state index in [9.17, 15) is 9.32 Å². The number of aromatic nitrogens is 4. The molecule has 33 heavy (non-hydrogen) atoms. The molecule has 5 heterocycles. The number of nitrogens with zero attached hydrogens (tertiary/aromatic N) is 5. The third-order valence-electron chi connectivity index (χ3n) is 8.48. The summed E-state index contributed by atoms with van der Waals surface area (Å²) in [7, 11) is -1.08. The van der Waals surface area contributed by atoms with Crippen molar-refractivity contribution in [3.63, 3.8) is 0 Å². The molecule has 2 bridgehead atoms. The molecule has 0 radical (unpaired) electrons. The van der Waals surface area contributed by atoms with Crippen LogP contribution in [0.5, 0.6) is 0 Å². The maximum absolute atomic E-state index is 13.4. The van der Waals surface area contributed by atoms with Gasteiger partial charge in [0, 0.05) is 36.8 Å². The molecule has 0 aromatic carbocycles. The third-order valence-corrected chi connectivity index (χ3v) is 10.8. The van der Waals surface area contributed by atoms with E-state index in [-0.39, 0.29) is 16.9 Å². The second-order valence-corrected chi connectivity index (χ2v) is 12.8. The van der Waals surface area contributed by atoms with Crippen molar-refractivity contribution < 1.29 is 9.32 Å². The van der Waals surface area contributed by atoms with Crippen molar-refractivity contribution >= 4 is 34.2 Å². The second kappa shape index (κ2) is 7.09. The zero-order chi connectivity index (χ0) is 22.4. The van der Waals surface area contributed by atoms with Gasteiger partial charge in [0.25, 0.3) is 0 Å². The number of piperidine rings is 1. The van der Waals surface area contributed by atoms with Crippen molar-refractivity contribution in [2.24, 2.45) is 0 Å². The molecule has 3 aliphatic carbocycles. The van der Waals surface area contributed by atoms with Crippen molar-refractivity contribution in [2.75, 3.05) is 16.8 Å². The van der Waals surface area contributed by atoms with Crippen molar-refractivity contribution in [2.45, 2.75) is 91.0 Å². The van der Waals surface area contributed by atoms with Gasteiger partial charge in [-0.3, -0.25) is 4.21 Å². The van der Waals surface area contributed by atoms with Crippen molar-refractivity contribution in [3.8, 4) is 0 Å². The van der Waals surface area contributed by atoms with E-state index in [2.05, 4.69) is 20.2 Å². The molecule has 10 heteroatoms. The van der Waals surface area contributed by atoms with E-state index >= 15 is 0 Å². The fourth-order valence-corrected chi connectivity index (χ4v) is 8.08. The minimum Gasteiger partial charge on any atom is -0.394 e. The molecule has 2 saturated heterocycles. The van der Waals surface area contributed by atoms with Gasteiger partial charge in [-0.1, -0.05) is 11.6 Å². The van der Waals surface area contributed by atoms with Crippen LogP contribution in [0.2, 0.25) is 5.02 Å². The standard InChI is InChI=1S/C23H27ClN6O2S/c24-14-10-25-19(26-11-14)13-6-15-8-16(7-13)30(15)21-27-17-9-23(4-5-23)33(32)18(17)20(28-21)29-22(12-31)2-1-3-22/h10-11,13,15-16,31H,1-9,12H2,(H,27,28,29)/t13?,15?,16?,33-/m0/s1. The number of anilines is 2. The summed E-state index contributed by atoms with van der Waals surface area (Å²) in [5, 5.41) is 14.1. The number of hydrogen-bond acceptors (Lipinski definition) is 8. The summed E-state index contributed by atoms with van der Waals surface area (Å²) in [5.41, 5.74) is 0.596. The Morgan fingerprint density at radius 3 is 2.45 bits per heavy atom. The van der Waals surface area contributed by atoms with E-state index in [0.29, 0.717) is 28.8 Å². The Balaban J connectivity index is 1.20. The van der Waals surface area contributed by atoms with Crippen LogP contribution >= 0.6 is 11.6 Å². The molecular weight excluding hydrogens is 460 g/mol. The van der Waals surface area contributed by atoms with Gasteiger partial charge < -0.3 is 15.3 Å². The van der Waals surface area contributed by atoms with Crippen LogP contribution < -0.4 is 10.2 Å². The molecule has 3 saturated carbocycles. The van der Waals surface area contributed by atoms with Gasteiger partial charge in [0.15, 0.2) is 0 Å². The average Bonchev–Trinajstić information content (AvgIpc) is 3.51. The van der Waals surface area contributed by atoms with Gasteiger partial charge in [-0.25, -0.2) is 15.0 Å². The lowest BCUT2D eigenvalue weighted by atomic mass is 9.73. The molecule has 2 unspecified atom stereocenters. The number of hydrogen-bond donors (Lipinski definition) is 2. The molecule has 0 amide bonds. The predicted octanol–water partition coefficient (Wildman–Crippen LogP) is 2.97. The van der Waals surface area contributed by atoms with E-state index in [1.165, 1.54) is 0 Å². The monoisotopic (exact) mass is 486 g/mol. The molecule has 5 fully saturated rings. The van der Waals surface area contributed by atoms with Gasteiger partial charge in [0.05, 0.1) is 38.4 Å². The molecule has 3 atom stereocenters. The van der Waals surface area contributed by atoms with E-state index in [1.807, 2.05) is 0 Å². The van der Waals surface area contributed by atoms with Crippen LogP contribution in [0.1, 0.15) is 68.8 Å². The first-order valence-corrected chi connectivity index (χ1v) is 13.5. The Morgan fingerprint density at radius 2 is 1.85 bits per heavy atom. The SMILES string of the molecule is O=[S@]1c2c(nc(N3C4CC(c5ncc(Cl)cn5)CC3C4)nc2NC2(CO)CCC2)CC12CC2. The maximum Gasteiger partial charge on any atom is 0.228 e. The third kappa shape index (κ3) is 3.08. The zero-order valence-corrected chi connectivity index (χ0v) is 19.9. The highest BCUT2D eigenvalue weighted by Crippen LogP contribution is 2.55. The van der Waals surface area contributed by atoms with E-state index < -0.39 is 10.8 Å². The summed E-state index contributed by atoms with van der Waals surface area (Å²) < 4.78 is 13.2. The first-order chi connectivity index (χ1) is 16.0. The van der Waals surface area contributed by atoms with Crippen LogP contribution in [0.4, 0.5) is 11.8 Å². The predicted molar refractivity (Wildman–Crippen MR) is 125 cm³/mol. The highest BCUT2D eigenvalue weighted by Gasteiger charge is 2.57. The van der Waals surface area contributed by atoms with Gasteiger partial charge in [0.2, 0.25) is 5.95 Å². The smallest absolute Gasteiger partial charge is 0.228 e. The summed E-state index contributed by atoms with van der Waals surface area (Å²) in [6.45, 7) is 0.0661. The highest BCUT2D eigenvalue weighted by atomic mass is 35.5. The highest BCUT2D eigenvalue weighted by molar-refractivity contribution is 7.87. The van der Waals surface area contributed by atoms with Crippen LogP contribution in [-0.4, -0.2) is 58.2 Å². The van der Waals surface area contributed by atoms with Crippen LogP contribution in [0, 0.1) is 0 Å². The summed E-state index contributed by atoms with van der Waals surface area (Å²) in [5.74, 6) is 2.62. The van der Waals surface area contributed by atoms with Crippen LogP contribution in [0.15, 0.2) is 17.3 Å². The first-order valence-electron chi connectivity index (χ1n) is 12.0. The molecule has 174 valence electrons. The number of aliphatic hydroxyl groups is 1. The van der Waals surface area contributed by atoms with Crippen LogP contribution in [-0.2, 0) is 17.2 Å². The number of fused-ring (bicyclic) bond motifs is 3. The molecule has 8 rings (SSSR count). The molecule has 2 aromatic heterocycles. The Kier molecular flexibility index (Phi) is 4.41. The van der Waals surface area contributed by atoms with Crippen LogP contribution in [0.25, 0.3) is 0 Å². The molecule has 2 N–H and O–H groups in total. The summed E-state index contributed by atoms with van der Waals surface area (Å²) >= 11 is 5.97. The number of aliphatic hydroxyl groups excluding tert-OH is 1. The van der Waals surface area contributed by atoms with Crippen molar-refractivity contribution in [1.29, 1.82) is 0 Å². The molecule has 8 nitrogen and oxygen atoms in total. The van der Waals surface area contributed by atoms with Crippen molar-refractivity contribution in [3.05, 3.63) is 28.9 Å². The van der Waals surface area contributed by atoms with E-state index in [1.54, 1.807) is 12.4 Å². The summed E-state index contributed by atoms with van der Waals surface area (Å²) in [6.07, 6.45) is 12.1. The fraction of sp³-hybridized carbons (Fsp3) is 0.652. The topological polar surface area (TPSA) is 104 Å². The van der Waals surface area contributed by atoms with Crippen LogP contribution in [0.3, 0.4) is 0 Å². The molecular formula is C23H27ClN6O2S. The Hall–Kier alpha value is -1.84. The first kappa shape index (κ1) is 20.5. The maximum atomic E-state index is 13.4. The molecule has 6 aliphatic rings. The Bertz CT molecular complexity index is 1130. The minimum atomic E-state index is -1.08. The summed E-state index contributed by atoms with van der Waals surface area (Å²) in [6, 6.07) is 0.715. The lowest BCUT2D eigenvalue weighted by molar-refractivity contribution is 0.143. The largest absolute Gasteiger partial charge is 0.394 e. The number of nitrogens with one attached hydrogen (secondary N) is 1. The van der Waals surface area contributed by atoms with E-state index in [4.69, 9.17) is 21.6 Å². The minimum absolute atomic E-state index is 0.0661. The second-order valence-electron chi connectivity index (χ2n) is 10.6.